The van der Waals surface area contributed by atoms with Gasteiger partial charge in [-0.25, -0.2) is 0 Å². The Bertz CT molecular complexity index is 187. The molecule has 1 unspecified atom stereocenters. The lowest BCUT2D eigenvalue weighted by molar-refractivity contribution is -0.324. The second-order valence-corrected chi connectivity index (χ2v) is 3.83. The lowest BCUT2D eigenvalue weighted by atomic mass is 10.1. The fourth-order valence-electron chi connectivity index (χ4n) is 1.88. The molecule has 0 aromatic rings. The van der Waals surface area contributed by atoms with Crippen molar-refractivity contribution in [3.05, 3.63) is 0 Å². The number of nitrogens with zero attached hydrogens (tertiary/aromatic N) is 1. The number of halogens is 3. The van der Waals surface area contributed by atoms with Crippen LogP contribution >= 0.6 is 0 Å². The van der Waals surface area contributed by atoms with Gasteiger partial charge in [0, 0.05) is 13.1 Å². The predicted molar refractivity (Wildman–Crippen MR) is 50.2 cm³/mol. The smallest absolute Gasteiger partial charge is 0.330 e. The SMILES string of the molecule is NCCC1CCN(CCOC(F)(F)F)C1. The molecule has 2 N–H and O–H groups in total. The van der Waals surface area contributed by atoms with Crippen molar-refractivity contribution in [3.63, 3.8) is 0 Å². The van der Waals surface area contributed by atoms with Gasteiger partial charge in [0.2, 0.25) is 0 Å². The number of ether oxygens (including phenoxy) is 1. The van der Waals surface area contributed by atoms with E-state index in [4.69, 9.17) is 5.73 Å². The molecule has 1 rings (SSSR count). The van der Waals surface area contributed by atoms with E-state index in [1.54, 1.807) is 0 Å². The molecule has 0 amide bonds. The van der Waals surface area contributed by atoms with Crippen LogP contribution in [0.25, 0.3) is 0 Å². The van der Waals surface area contributed by atoms with Crippen molar-refractivity contribution in [2.45, 2.75) is 19.2 Å². The van der Waals surface area contributed by atoms with E-state index in [-0.39, 0.29) is 6.61 Å². The van der Waals surface area contributed by atoms with Crippen LogP contribution in [0.5, 0.6) is 0 Å². The van der Waals surface area contributed by atoms with Crippen LogP contribution in [0.4, 0.5) is 13.2 Å². The van der Waals surface area contributed by atoms with Crippen LogP contribution in [0.15, 0.2) is 0 Å². The third kappa shape index (κ3) is 5.34. The molecule has 0 radical (unpaired) electrons. The number of hydrogen-bond donors (Lipinski definition) is 1. The summed E-state index contributed by atoms with van der Waals surface area (Å²) < 4.78 is 38.7. The van der Waals surface area contributed by atoms with Crippen molar-refractivity contribution in [2.75, 3.05) is 32.8 Å². The van der Waals surface area contributed by atoms with Crippen LogP contribution in [0.3, 0.4) is 0 Å². The lowest BCUT2D eigenvalue weighted by Crippen LogP contribution is -2.28. The molecule has 15 heavy (non-hydrogen) atoms. The van der Waals surface area contributed by atoms with E-state index in [2.05, 4.69) is 4.74 Å². The normalized spacial score (nSPS) is 23.6. The van der Waals surface area contributed by atoms with E-state index in [0.29, 0.717) is 19.0 Å². The van der Waals surface area contributed by atoms with E-state index in [0.717, 1.165) is 25.9 Å². The van der Waals surface area contributed by atoms with Gasteiger partial charge >= 0.3 is 6.36 Å². The highest BCUT2D eigenvalue weighted by atomic mass is 19.4. The number of hydrogen-bond acceptors (Lipinski definition) is 3. The number of rotatable bonds is 5. The molecule has 1 saturated heterocycles. The Hall–Kier alpha value is -0.330. The largest absolute Gasteiger partial charge is 0.522 e. The summed E-state index contributed by atoms with van der Waals surface area (Å²) in [4.78, 5) is 1.99. The first-order valence-electron chi connectivity index (χ1n) is 5.14. The van der Waals surface area contributed by atoms with Crippen LogP contribution < -0.4 is 5.73 Å². The van der Waals surface area contributed by atoms with Gasteiger partial charge in [-0.3, -0.25) is 4.74 Å². The summed E-state index contributed by atoms with van der Waals surface area (Å²) >= 11 is 0. The summed E-state index contributed by atoms with van der Waals surface area (Å²) in [7, 11) is 0. The van der Waals surface area contributed by atoms with E-state index in [1.807, 2.05) is 4.90 Å². The molecular weight excluding hydrogens is 209 g/mol. The van der Waals surface area contributed by atoms with Crippen molar-refractivity contribution in [1.82, 2.24) is 4.90 Å². The van der Waals surface area contributed by atoms with Crippen LogP contribution in [0, 0.1) is 5.92 Å². The molecule has 3 nitrogen and oxygen atoms in total. The quantitative estimate of drug-likeness (QED) is 0.765. The molecule has 1 heterocycles. The fourth-order valence-corrected chi connectivity index (χ4v) is 1.88. The van der Waals surface area contributed by atoms with Gasteiger partial charge in [0.15, 0.2) is 0 Å². The molecule has 1 aliphatic heterocycles. The minimum Gasteiger partial charge on any atom is -0.330 e. The standard InChI is InChI=1S/C9H17F3N2O/c10-9(11,12)15-6-5-14-4-2-8(7-14)1-3-13/h8H,1-7,13H2. The first-order valence-corrected chi connectivity index (χ1v) is 5.14. The van der Waals surface area contributed by atoms with Gasteiger partial charge in [-0.05, 0) is 31.8 Å². The zero-order chi connectivity index (χ0) is 11.3. The molecule has 6 heteroatoms. The van der Waals surface area contributed by atoms with Gasteiger partial charge in [-0.2, -0.15) is 0 Å². The minimum absolute atomic E-state index is 0.279. The van der Waals surface area contributed by atoms with Crippen molar-refractivity contribution in [2.24, 2.45) is 11.7 Å². The first kappa shape index (κ1) is 12.7. The molecule has 1 aliphatic rings. The number of nitrogens with two attached hydrogens (primary N) is 1. The maximum Gasteiger partial charge on any atom is 0.522 e. The van der Waals surface area contributed by atoms with Gasteiger partial charge in [-0.1, -0.05) is 0 Å². The average molecular weight is 226 g/mol. The second-order valence-electron chi connectivity index (χ2n) is 3.83. The molecule has 1 fully saturated rings. The maximum atomic E-state index is 11.7. The van der Waals surface area contributed by atoms with Crippen molar-refractivity contribution in [1.29, 1.82) is 0 Å². The summed E-state index contributed by atoms with van der Waals surface area (Å²) in [5.41, 5.74) is 5.42. The van der Waals surface area contributed by atoms with Gasteiger partial charge in [0.1, 0.15) is 0 Å². The van der Waals surface area contributed by atoms with Crippen molar-refractivity contribution >= 4 is 0 Å². The molecule has 0 aromatic carbocycles. The summed E-state index contributed by atoms with van der Waals surface area (Å²) in [6, 6.07) is 0. The summed E-state index contributed by atoms with van der Waals surface area (Å²) in [5, 5.41) is 0. The zero-order valence-corrected chi connectivity index (χ0v) is 8.59. The van der Waals surface area contributed by atoms with E-state index >= 15 is 0 Å². The Kier molecular flexibility index (Phi) is 4.82. The van der Waals surface area contributed by atoms with Crippen LogP contribution in [-0.4, -0.2) is 44.0 Å². The topological polar surface area (TPSA) is 38.5 Å². The second kappa shape index (κ2) is 5.67. The molecule has 0 spiro atoms. The lowest BCUT2D eigenvalue weighted by Gasteiger charge is -2.16. The third-order valence-corrected chi connectivity index (χ3v) is 2.62. The highest BCUT2D eigenvalue weighted by Gasteiger charge is 2.29. The van der Waals surface area contributed by atoms with Crippen LogP contribution in [0.1, 0.15) is 12.8 Å². The van der Waals surface area contributed by atoms with E-state index in [1.165, 1.54) is 0 Å². The molecule has 0 bridgehead atoms. The first-order chi connectivity index (χ1) is 7.01. The average Bonchev–Trinajstić information content (AvgIpc) is 2.51. The van der Waals surface area contributed by atoms with E-state index < -0.39 is 6.36 Å². The van der Waals surface area contributed by atoms with Crippen LogP contribution in [0.2, 0.25) is 0 Å². The Morgan fingerprint density at radius 3 is 2.73 bits per heavy atom. The predicted octanol–water partition coefficient (Wildman–Crippen LogP) is 1.19. The third-order valence-electron chi connectivity index (χ3n) is 2.62. The Balaban J connectivity index is 2.09. The number of alkyl halides is 3. The zero-order valence-electron chi connectivity index (χ0n) is 8.59. The summed E-state index contributed by atoms with van der Waals surface area (Å²) in [6.07, 6.45) is -2.52. The Labute approximate surface area is 87.4 Å². The van der Waals surface area contributed by atoms with E-state index in [9.17, 15) is 13.2 Å². The highest BCUT2D eigenvalue weighted by molar-refractivity contribution is 4.75. The fraction of sp³-hybridized carbons (Fsp3) is 1.00. The molecular formula is C9H17F3N2O. The Morgan fingerprint density at radius 1 is 1.40 bits per heavy atom. The number of likely N-dealkylation sites (tertiary alicyclic amines) is 1. The van der Waals surface area contributed by atoms with Gasteiger partial charge in [0.25, 0.3) is 0 Å². The van der Waals surface area contributed by atoms with Gasteiger partial charge < -0.3 is 10.6 Å². The molecule has 0 saturated carbocycles. The molecule has 90 valence electrons. The van der Waals surface area contributed by atoms with Gasteiger partial charge in [0.05, 0.1) is 6.61 Å². The Morgan fingerprint density at radius 2 is 2.13 bits per heavy atom. The van der Waals surface area contributed by atoms with Crippen LogP contribution in [-0.2, 0) is 4.74 Å². The monoisotopic (exact) mass is 226 g/mol. The summed E-state index contributed by atoms with van der Waals surface area (Å²) in [5.74, 6) is 0.542. The molecule has 0 aromatic heterocycles. The minimum atomic E-state index is -4.50. The maximum absolute atomic E-state index is 11.7. The summed E-state index contributed by atoms with van der Waals surface area (Å²) in [6.45, 7) is 2.42. The van der Waals surface area contributed by atoms with Gasteiger partial charge in [-0.15, -0.1) is 13.2 Å². The highest BCUT2D eigenvalue weighted by Crippen LogP contribution is 2.20. The molecule has 0 aliphatic carbocycles. The van der Waals surface area contributed by atoms with Crippen molar-refractivity contribution in [3.8, 4) is 0 Å². The van der Waals surface area contributed by atoms with Crippen molar-refractivity contribution < 1.29 is 17.9 Å². The molecule has 1 atom stereocenters.